The summed E-state index contributed by atoms with van der Waals surface area (Å²) in [5.74, 6) is 0.774. The number of hydrogen-bond acceptors (Lipinski definition) is 4. The van der Waals surface area contributed by atoms with Crippen LogP contribution in [-0.4, -0.2) is 32.7 Å². The maximum Gasteiger partial charge on any atom is 0.240 e. The Hall–Kier alpha value is -1.05. The molecule has 0 spiro atoms. The lowest BCUT2D eigenvalue weighted by Crippen LogP contribution is -2.36. The minimum Gasteiger partial charge on any atom is -0.311 e. The molecule has 1 amide bonds. The quantitative estimate of drug-likeness (QED) is 0.868. The number of rotatable bonds is 3. The summed E-state index contributed by atoms with van der Waals surface area (Å²) < 4.78 is 28.5. The predicted octanol–water partition coefficient (Wildman–Crippen LogP) is 3.54. The maximum absolute atomic E-state index is 12.8. The van der Waals surface area contributed by atoms with Gasteiger partial charge in [0.1, 0.15) is 0 Å². The number of fused-ring (bicyclic) bond motifs is 1. The van der Waals surface area contributed by atoms with Crippen molar-refractivity contribution >= 4 is 33.4 Å². The maximum atomic E-state index is 12.8. The second-order valence-electron chi connectivity index (χ2n) is 6.81. The SMILES string of the molecule is CC(=O)N1CCSc2cc(S(=O)(=O)NC3CCCCCCC3)ccc21. The minimum atomic E-state index is -3.53. The molecule has 0 atom stereocenters. The second kappa shape index (κ2) is 8.10. The summed E-state index contributed by atoms with van der Waals surface area (Å²) in [5, 5.41) is 0. The Bertz CT molecular complexity index is 726. The fourth-order valence-electron chi connectivity index (χ4n) is 3.56. The molecule has 0 aromatic heterocycles. The van der Waals surface area contributed by atoms with E-state index in [0.717, 1.165) is 42.0 Å². The number of carbonyl (C=O) groups is 1. The number of sulfonamides is 1. The molecular formula is C18H26N2O3S2. The van der Waals surface area contributed by atoms with Crippen LogP contribution in [0.1, 0.15) is 51.9 Å². The average Bonchev–Trinajstić information content (AvgIpc) is 2.56. The van der Waals surface area contributed by atoms with E-state index in [0.29, 0.717) is 11.4 Å². The zero-order valence-electron chi connectivity index (χ0n) is 14.7. The van der Waals surface area contributed by atoms with Crippen LogP contribution < -0.4 is 9.62 Å². The monoisotopic (exact) mass is 382 g/mol. The molecular weight excluding hydrogens is 356 g/mol. The van der Waals surface area contributed by atoms with E-state index in [4.69, 9.17) is 0 Å². The van der Waals surface area contributed by atoms with E-state index in [9.17, 15) is 13.2 Å². The van der Waals surface area contributed by atoms with Gasteiger partial charge in [-0.25, -0.2) is 13.1 Å². The fraction of sp³-hybridized carbons (Fsp3) is 0.611. The van der Waals surface area contributed by atoms with Crippen molar-refractivity contribution in [1.82, 2.24) is 4.72 Å². The van der Waals surface area contributed by atoms with E-state index < -0.39 is 10.0 Å². The molecule has 1 aliphatic heterocycles. The zero-order valence-corrected chi connectivity index (χ0v) is 16.3. The average molecular weight is 383 g/mol. The topological polar surface area (TPSA) is 66.5 Å². The van der Waals surface area contributed by atoms with Gasteiger partial charge in [0.25, 0.3) is 0 Å². The lowest BCUT2D eigenvalue weighted by molar-refractivity contribution is -0.116. The van der Waals surface area contributed by atoms with Crippen molar-refractivity contribution in [2.45, 2.75) is 67.7 Å². The number of anilines is 1. The largest absolute Gasteiger partial charge is 0.311 e. The van der Waals surface area contributed by atoms with Gasteiger partial charge in [0.05, 0.1) is 10.6 Å². The zero-order chi connectivity index (χ0) is 17.9. The van der Waals surface area contributed by atoms with Crippen LogP contribution in [0.15, 0.2) is 28.0 Å². The molecule has 3 rings (SSSR count). The molecule has 1 heterocycles. The smallest absolute Gasteiger partial charge is 0.240 e. The van der Waals surface area contributed by atoms with Crippen molar-refractivity contribution in [2.24, 2.45) is 0 Å². The normalized spacial score (nSPS) is 19.8. The highest BCUT2D eigenvalue weighted by atomic mass is 32.2. The summed E-state index contributed by atoms with van der Waals surface area (Å²) in [7, 11) is -3.53. The molecule has 25 heavy (non-hydrogen) atoms. The first-order valence-electron chi connectivity index (χ1n) is 9.05. The predicted molar refractivity (Wildman–Crippen MR) is 102 cm³/mol. The molecule has 0 unspecified atom stereocenters. The van der Waals surface area contributed by atoms with Gasteiger partial charge >= 0.3 is 0 Å². The summed E-state index contributed by atoms with van der Waals surface area (Å²) in [5.41, 5.74) is 0.814. The Labute approximate surface area is 154 Å². The van der Waals surface area contributed by atoms with Crippen LogP contribution in [0.25, 0.3) is 0 Å². The summed E-state index contributed by atoms with van der Waals surface area (Å²) in [4.78, 5) is 14.6. The first kappa shape index (κ1) is 18.7. The third kappa shape index (κ3) is 4.57. The lowest BCUT2D eigenvalue weighted by atomic mass is 9.97. The van der Waals surface area contributed by atoms with E-state index in [1.54, 1.807) is 41.8 Å². The Balaban J connectivity index is 1.79. The Morgan fingerprint density at radius 1 is 1.16 bits per heavy atom. The standard InChI is InChI=1S/C18H26N2O3S2/c1-14(21)20-11-12-24-18-13-16(9-10-17(18)20)25(22,23)19-15-7-5-3-2-4-6-8-15/h9-10,13,15,19H,2-8,11-12H2,1H3. The van der Waals surface area contributed by atoms with E-state index in [2.05, 4.69) is 4.72 Å². The van der Waals surface area contributed by atoms with Gasteiger partial charge in [-0.2, -0.15) is 0 Å². The molecule has 138 valence electrons. The van der Waals surface area contributed by atoms with E-state index >= 15 is 0 Å². The highest BCUT2D eigenvalue weighted by molar-refractivity contribution is 7.99. The summed E-state index contributed by atoms with van der Waals surface area (Å²) >= 11 is 1.61. The molecule has 5 nitrogen and oxygen atoms in total. The van der Waals surface area contributed by atoms with Crippen molar-refractivity contribution < 1.29 is 13.2 Å². The third-order valence-corrected chi connectivity index (χ3v) is 7.45. The van der Waals surface area contributed by atoms with Crippen LogP contribution in [0.4, 0.5) is 5.69 Å². The van der Waals surface area contributed by atoms with Crippen LogP contribution >= 0.6 is 11.8 Å². The molecule has 1 N–H and O–H groups in total. The van der Waals surface area contributed by atoms with Crippen LogP contribution in [-0.2, 0) is 14.8 Å². The highest BCUT2D eigenvalue weighted by Crippen LogP contribution is 2.36. The molecule has 1 aromatic rings. The third-order valence-electron chi connectivity index (χ3n) is 4.91. The van der Waals surface area contributed by atoms with Gasteiger partial charge in [-0.3, -0.25) is 4.79 Å². The van der Waals surface area contributed by atoms with Crippen molar-refractivity contribution in [2.75, 3.05) is 17.2 Å². The van der Waals surface area contributed by atoms with Gasteiger partial charge in [-0.05, 0) is 31.0 Å². The van der Waals surface area contributed by atoms with E-state index in [1.807, 2.05) is 0 Å². The lowest BCUT2D eigenvalue weighted by Gasteiger charge is -2.28. The molecule has 1 aromatic carbocycles. The summed E-state index contributed by atoms with van der Waals surface area (Å²) in [6, 6.07) is 5.12. The molecule has 0 radical (unpaired) electrons. The van der Waals surface area contributed by atoms with Crippen LogP contribution in [0, 0.1) is 0 Å². The number of hydrogen-bond donors (Lipinski definition) is 1. The van der Waals surface area contributed by atoms with E-state index in [1.165, 1.54) is 19.3 Å². The molecule has 2 aliphatic rings. The second-order valence-corrected chi connectivity index (χ2v) is 9.66. The van der Waals surface area contributed by atoms with Crippen molar-refractivity contribution in [3.05, 3.63) is 18.2 Å². The van der Waals surface area contributed by atoms with Gasteiger partial charge in [0.2, 0.25) is 15.9 Å². The molecule has 7 heteroatoms. The van der Waals surface area contributed by atoms with Crippen molar-refractivity contribution in [1.29, 1.82) is 0 Å². The van der Waals surface area contributed by atoms with Gasteiger partial charge in [-0.1, -0.05) is 32.1 Å². The molecule has 1 saturated carbocycles. The fourth-order valence-corrected chi connectivity index (χ4v) is 5.99. The first-order chi connectivity index (χ1) is 12.0. The van der Waals surface area contributed by atoms with Gasteiger partial charge in [-0.15, -0.1) is 11.8 Å². The van der Waals surface area contributed by atoms with Crippen molar-refractivity contribution in [3.8, 4) is 0 Å². The van der Waals surface area contributed by atoms with Crippen LogP contribution in [0.3, 0.4) is 0 Å². The Morgan fingerprint density at radius 2 is 1.84 bits per heavy atom. The highest BCUT2D eigenvalue weighted by Gasteiger charge is 2.25. The number of nitrogens with zero attached hydrogens (tertiary/aromatic N) is 1. The summed E-state index contributed by atoms with van der Waals surface area (Å²) in [6.45, 7) is 2.21. The number of carbonyl (C=O) groups excluding carboxylic acids is 1. The van der Waals surface area contributed by atoms with Crippen molar-refractivity contribution in [3.63, 3.8) is 0 Å². The van der Waals surface area contributed by atoms with Crippen LogP contribution in [0.2, 0.25) is 0 Å². The number of benzene rings is 1. The number of amides is 1. The number of nitrogens with one attached hydrogen (secondary N) is 1. The van der Waals surface area contributed by atoms with Crippen LogP contribution in [0.5, 0.6) is 0 Å². The minimum absolute atomic E-state index is 0.00944. The molecule has 0 bridgehead atoms. The Kier molecular flexibility index (Phi) is 6.07. The first-order valence-corrected chi connectivity index (χ1v) is 11.5. The van der Waals surface area contributed by atoms with Gasteiger partial charge < -0.3 is 4.90 Å². The Morgan fingerprint density at radius 3 is 2.52 bits per heavy atom. The molecule has 1 aliphatic carbocycles. The van der Waals surface area contributed by atoms with Gasteiger partial charge in [0.15, 0.2) is 0 Å². The summed E-state index contributed by atoms with van der Waals surface area (Å²) in [6.07, 6.45) is 7.63. The molecule has 1 fully saturated rings. The molecule has 0 saturated heterocycles. The number of thioether (sulfide) groups is 1. The van der Waals surface area contributed by atoms with Gasteiger partial charge in [0, 0.05) is 30.2 Å². The van der Waals surface area contributed by atoms with E-state index in [-0.39, 0.29) is 11.9 Å².